The van der Waals surface area contributed by atoms with Crippen molar-refractivity contribution in [2.24, 2.45) is 5.92 Å². The van der Waals surface area contributed by atoms with Crippen LogP contribution in [-0.4, -0.2) is 25.5 Å². The van der Waals surface area contributed by atoms with Crippen LogP contribution >= 0.6 is 0 Å². The molecule has 2 saturated carbocycles. The van der Waals surface area contributed by atoms with Crippen molar-refractivity contribution in [1.29, 1.82) is 0 Å². The first-order chi connectivity index (χ1) is 9.19. The molecule has 1 aromatic carbocycles. The van der Waals surface area contributed by atoms with E-state index in [1.54, 1.807) is 13.1 Å². The van der Waals surface area contributed by atoms with Gasteiger partial charge < -0.3 is 16.0 Å². The summed E-state index contributed by atoms with van der Waals surface area (Å²) in [6, 6.07) is 6.21. The zero-order chi connectivity index (χ0) is 13.4. The van der Waals surface area contributed by atoms with Gasteiger partial charge in [-0.05, 0) is 49.8 Å². The van der Waals surface area contributed by atoms with Gasteiger partial charge in [-0.3, -0.25) is 4.79 Å². The second-order valence-electron chi connectivity index (χ2n) is 5.68. The van der Waals surface area contributed by atoms with Crippen LogP contribution in [0.15, 0.2) is 18.2 Å². The van der Waals surface area contributed by atoms with Crippen molar-refractivity contribution >= 4 is 17.3 Å². The van der Waals surface area contributed by atoms with Crippen LogP contribution in [0.3, 0.4) is 0 Å². The summed E-state index contributed by atoms with van der Waals surface area (Å²) in [4.78, 5) is 14.2. The fourth-order valence-corrected chi connectivity index (χ4v) is 2.49. The van der Waals surface area contributed by atoms with E-state index in [4.69, 9.17) is 5.73 Å². The maximum absolute atomic E-state index is 11.7. The molecule has 3 N–H and O–H groups in total. The third-order valence-electron chi connectivity index (χ3n) is 3.97. The summed E-state index contributed by atoms with van der Waals surface area (Å²) in [6.07, 6.45) is 5.16. The molecule has 3 rings (SSSR count). The van der Waals surface area contributed by atoms with Crippen molar-refractivity contribution in [2.75, 3.05) is 24.2 Å². The van der Waals surface area contributed by atoms with E-state index in [0.717, 1.165) is 23.8 Å². The maximum atomic E-state index is 11.7. The number of hydrogen-bond donors (Lipinski definition) is 2. The van der Waals surface area contributed by atoms with Gasteiger partial charge in [-0.1, -0.05) is 0 Å². The first-order valence-electron chi connectivity index (χ1n) is 7.07. The van der Waals surface area contributed by atoms with E-state index in [9.17, 15) is 4.79 Å². The molecule has 1 aromatic rings. The molecule has 0 spiro atoms. The Morgan fingerprint density at radius 2 is 2.11 bits per heavy atom. The second-order valence-corrected chi connectivity index (χ2v) is 5.68. The molecular weight excluding hydrogens is 238 g/mol. The van der Waals surface area contributed by atoms with Gasteiger partial charge in [-0.15, -0.1) is 0 Å². The SMILES string of the molecule is CNC(=O)c1ccc(N)c(N(CC2CC2)C2CC2)c1. The summed E-state index contributed by atoms with van der Waals surface area (Å²) in [5.41, 5.74) is 8.62. The zero-order valence-corrected chi connectivity index (χ0v) is 11.4. The van der Waals surface area contributed by atoms with Crippen molar-refractivity contribution in [3.8, 4) is 0 Å². The Morgan fingerprint density at radius 3 is 2.68 bits per heavy atom. The molecule has 0 aromatic heterocycles. The van der Waals surface area contributed by atoms with Crippen LogP contribution in [0, 0.1) is 5.92 Å². The fraction of sp³-hybridized carbons (Fsp3) is 0.533. The Morgan fingerprint density at radius 1 is 1.37 bits per heavy atom. The lowest BCUT2D eigenvalue weighted by atomic mass is 10.1. The Hall–Kier alpha value is -1.71. The smallest absolute Gasteiger partial charge is 0.251 e. The predicted molar refractivity (Wildman–Crippen MR) is 77.3 cm³/mol. The van der Waals surface area contributed by atoms with Crippen LogP contribution < -0.4 is 16.0 Å². The number of hydrogen-bond acceptors (Lipinski definition) is 3. The van der Waals surface area contributed by atoms with E-state index in [1.165, 1.54) is 25.7 Å². The lowest BCUT2D eigenvalue weighted by Gasteiger charge is -2.26. The lowest BCUT2D eigenvalue weighted by Crippen LogP contribution is -2.29. The van der Waals surface area contributed by atoms with Crippen LogP contribution in [0.25, 0.3) is 0 Å². The largest absolute Gasteiger partial charge is 0.397 e. The molecule has 1 amide bonds. The van der Waals surface area contributed by atoms with Gasteiger partial charge in [0.2, 0.25) is 0 Å². The Balaban J connectivity index is 1.89. The van der Waals surface area contributed by atoms with Crippen molar-refractivity contribution < 1.29 is 4.79 Å². The first kappa shape index (κ1) is 12.3. The van der Waals surface area contributed by atoms with Gasteiger partial charge in [0, 0.05) is 25.2 Å². The lowest BCUT2D eigenvalue weighted by molar-refractivity contribution is 0.0963. The highest BCUT2D eigenvalue weighted by molar-refractivity contribution is 5.96. The number of rotatable bonds is 5. The highest BCUT2D eigenvalue weighted by Gasteiger charge is 2.34. The number of carbonyl (C=O) groups is 1. The van der Waals surface area contributed by atoms with Gasteiger partial charge >= 0.3 is 0 Å². The Kier molecular flexibility index (Phi) is 3.09. The summed E-state index contributed by atoms with van der Waals surface area (Å²) in [7, 11) is 1.65. The molecule has 0 bridgehead atoms. The number of nitrogens with one attached hydrogen (secondary N) is 1. The van der Waals surface area contributed by atoms with Gasteiger partial charge in [0.05, 0.1) is 11.4 Å². The number of amides is 1. The van der Waals surface area contributed by atoms with Gasteiger partial charge in [-0.25, -0.2) is 0 Å². The van der Waals surface area contributed by atoms with Gasteiger partial charge in [0.1, 0.15) is 0 Å². The van der Waals surface area contributed by atoms with Crippen molar-refractivity contribution in [1.82, 2.24) is 5.32 Å². The van der Waals surface area contributed by atoms with Crippen LogP contribution in [0.2, 0.25) is 0 Å². The van der Waals surface area contributed by atoms with Gasteiger partial charge in [0.25, 0.3) is 5.91 Å². The topological polar surface area (TPSA) is 58.4 Å². The molecule has 2 fully saturated rings. The molecule has 2 aliphatic carbocycles. The number of anilines is 2. The second kappa shape index (κ2) is 4.76. The maximum Gasteiger partial charge on any atom is 0.251 e. The van der Waals surface area contributed by atoms with E-state index in [-0.39, 0.29) is 5.91 Å². The number of benzene rings is 1. The summed E-state index contributed by atoms with van der Waals surface area (Å²) >= 11 is 0. The Labute approximate surface area is 114 Å². The predicted octanol–water partition coefficient (Wildman–Crippen LogP) is 2.01. The van der Waals surface area contributed by atoms with Gasteiger partial charge in [-0.2, -0.15) is 0 Å². The van der Waals surface area contributed by atoms with Crippen molar-refractivity contribution in [2.45, 2.75) is 31.7 Å². The summed E-state index contributed by atoms with van der Waals surface area (Å²) < 4.78 is 0. The summed E-state index contributed by atoms with van der Waals surface area (Å²) in [5, 5.41) is 2.67. The molecule has 2 aliphatic rings. The van der Waals surface area contributed by atoms with E-state index < -0.39 is 0 Å². The number of nitrogens with zero attached hydrogens (tertiary/aromatic N) is 1. The molecule has 0 unspecified atom stereocenters. The van der Waals surface area contributed by atoms with E-state index in [1.807, 2.05) is 12.1 Å². The highest BCUT2D eigenvalue weighted by atomic mass is 16.1. The number of nitrogens with two attached hydrogens (primary N) is 1. The van der Waals surface area contributed by atoms with Crippen LogP contribution in [0.4, 0.5) is 11.4 Å². The molecule has 0 aliphatic heterocycles. The minimum absolute atomic E-state index is 0.0524. The third kappa shape index (κ3) is 2.67. The minimum atomic E-state index is -0.0524. The molecular formula is C15H21N3O. The van der Waals surface area contributed by atoms with Gasteiger partial charge in [0.15, 0.2) is 0 Å². The van der Waals surface area contributed by atoms with E-state index in [2.05, 4.69) is 10.2 Å². The average molecular weight is 259 g/mol. The molecule has 4 nitrogen and oxygen atoms in total. The normalized spacial score (nSPS) is 18.2. The standard InChI is InChI=1S/C15H21N3O/c1-17-15(19)11-4-7-13(16)14(8-11)18(12-5-6-12)9-10-2-3-10/h4,7-8,10,12H,2-3,5-6,9,16H2,1H3,(H,17,19). The third-order valence-corrected chi connectivity index (χ3v) is 3.97. The molecule has 0 radical (unpaired) electrons. The fourth-order valence-electron chi connectivity index (χ4n) is 2.49. The number of carbonyl (C=O) groups excluding carboxylic acids is 1. The monoisotopic (exact) mass is 259 g/mol. The van der Waals surface area contributed by atoms with Crippen LogP contribution in [-0.2, 0) is 0 Å². The van der Waals surface area contributed by atoms with Crippen LogP contribution in [0.1, 0.15) is 36.0 Å². The molecule has 4 heteroatoms. The first-order valence-corrected chi connectivity index (χ1v) is 7.07. The van der Waals surface area contributed by atoms with E-state index in [0.29, 0.717) is 11.6 Å². The Bertz CT molecular complexity index is 492. The van der Waals surface area contributed by atoms with Crippen LogP contribution in [0.5, 0.6) is 0 Å². The van der Waals surface area contributed by atoms with Crippen molar-refractivity contribution in [3.63, 3.8) is 0 Å². The molecule has 0 atom stereocenters. The quantitative estimate of drug-likeness (QED) is 0.795. The number of nitrogen functional groups attached to an aromatic ring is 1. The van der Waals surface area contributed by atoms with Crippen molar-refractivity contribution in [3.05, 3.63) is 23.8 Å². The zero-order valence-electron chi connectivity index (χ0n) is 11.4. The summed E-state index contributed by atoms with van der Waals surface area (Å²) in [6.45, 7) is 1.09. The van der Waals surface area contributed by atoms with E-state index >= 15 is 0 Å². The molecule has 19 heavy (non-hydrogen) atoms. The highest BCUT2D eigenvalue weighted by Crippen LogP contribution is 2.39. The minimum Gasteiger partial charge on any atom is -0.397 e. The average Bonchev–Trinajstić information content (AvgIpc) is 3.28. The molecule has 0 saturated heterocycles. The molecule has 0 heterocycles. The summed E-state index contributed by atoms with van der Waals surface area (Å²) in [5.74, 6) is 0.770. The molecule has 102 valence electrons.